The first kappa shape index (κ1) is 10.6. The summed E-state index contributed by atoms with van der Waals surface area (Å²) in [6.45, 7) is 1.72. The Balaban J connectivity index is 1.91. The zero-order valence-electron chi connectivity index (χ0n) is 9.85. The molecule has 1 amide bonds. The van der Waals surface area contributed by atoms with E-state index in [1.807, 2.05) is 17.0 Å². The van der Waals surface area contributed by atoms with Crippen LogP contribution in [0.1, 0.15) is 24.8 Å². The van der Waals surface area contributed by atoms with Crippen molar-refractivity contribution in [3.05, 3.63) is 23.8 Å². The van der Waals surface area contributed by atoms with E-state index in [9.17, 15) is 4.79 Å². The molecule has 0 radical (unpaired) electrons. The van der Waals surface area contributed by atoms with Gasteiger partial charge in [0, 0.05) is 25.2 Å². The highest BCUT2D eigenvalue weighted by atomic mass is 16.2. The highest BCUT2D eigenvalue weighted by molar-refractivity contribution is 5.94. The summed E-state index contributed by atoms with van der Waals surface area (Å²) in [4.78, 5) is 13.8. The number of hydrogen-bond acceptors (Lipinski definition) is 3. The first-order valence-corrected chi connectivity index (χ1v) is 6.21. The summed E-state index contributed by atoms with van der Waals surface area (Å²) in [6, 6.07) is 6.15. The minimum Gasteiger partial charge on any atom is -0.312 e. The van der Waals surface area contributed by atoms with Crippen LogP contribution in [-0.2, 0) is 11.2 Å². The normalized spacial score (nSPS) is 19.7. The third-order valence-electron chi connectivity index (χ3n) is 3.63. The number of rotatable bonds is 1. The second-order valence-corrected chi connectivity index (χ2v) is 4.76. The monoisotopic (exact) mass is 231 g/mol. The second kappa shape index (κ2) is 4.04. The average molecular weight is 231 g/mol. The van der Waals surface area contributed by atoms with Crippen LogP contribution < -0.4 is 15.8 Å². The number of anilines is 2. The number of hydrogen-bond donors (Lipinski definition) is 1. The largest absolute Gasteiger partial charge is 0.312 e. The van der Waals surface area contributed by atoms with Crippen molar-refractivity contribution in [2.75, 3.05) is 23.0 Å². The second-order valence-electron chi connectivity index (χ2n) is 4.76. The van der Waals surface area contributed by atoms with Crippen molar-refractivity contribution in [3.8, 4) is 0 Å². The van der Waals surface area contributed by atoms with Crippen molar-refractivity contribution in [1.82, 2.24) is 0 Å². The van der Waals surface area contributed by atoms with Gasteiger partial charge in [-0.1, -0.05) is 0 Å². The number of hydrazine groups is 1. The first-order valence-electron chi connectivity index (χ1n) is 6.21. The van der Waals surface area contributed by atoms with Gasteiger partial charge >= 0.3 is 0 Å². The predicted octanol–water partition coefficient (Wildman–Crippen LogP) is 1.44. The minimum atomic E-state index is 0.249. The molecule has 3 rings (SSSR count). The standard InChI is InChI=1S/C13H17N3O/c14-16-8-6-10-9-11(4-5-12(10)16)15-7-2-1-3-13(15)17/h4-5,9H,1-3,6-8,14H2. The molecular weight excluding hydrogens is 214 g/mol. The fraction of sp³-hybridized carbons (Fsp3) is 0.462. The maximum Gasteiger partial charge on any atom is 0.226 e. The number of nitrogens with two attached hydrogens (primary N) is 1. The number of carbonyl (C=O) groups excluding carboxylic acids is 1. The molecule has 2 aliphatic heterocycles. The molecule has 1 aromatic rings. The lowest BCUT2D eigenvalue weighted by atomic mass is 10.1. The molecule has 0 atom stereocenters. The summed E-state index contributed by atoms with van der Waals surface area (Å²) >= 11 is 0. The van der Waals surface area contributed by atoms with Crippen LogP contribution in [0.5, 0.6) is 0 Å². The van der Waals surface area contributed by atoms with E-state index >= 15 is 0 Å². The third-order valence-corrected chi connectivity index (χ3v) is 3.63. The SMILES string of the molecule is NN1CCc2cc(N3CCCCC3=O)ccc21. The van der Waals surface area contributed by atoms with Crippen molar-refractivity contribution >= 4 is 17.3 Å². The lowest BCUT2D eigenvalue weighted by Crippen LogP contribution is -2.35. The van der Waals surface area contributed by atoms with Crippen molar-refractivity contribution in [3.63, 3.8) is 0 Å². The van der Waals surface area contributed by atoms with Gasteiger partial charge in [-0.2, -0.15) is 0 Å². The molecule has 2 heterocycles. The fourth-order valence-electron chi connectivity index (χ4n) is 2.66. The van der Waals surface area contributed by atoms with Crippen LogP contribution in [0.3, 0.4) is 0 Å². The maximum atomic E-state index is 11.9. The summed E-state index contributed by atoms with van der Waals surface area (Å²) in [5.41, 5.74) is 3.38. The molecule has 0 spiro atoms. The van der Waals surface area contributed by atoms with Gasteiger partial charge in [0.1, 0.15) is 0 Å². The molecule has 0 unspecified atom stereocenters. The van der Waals surface area contributed by atoms with Gasteiger partial charge in [-0.15, -0.1) is 0 Å². The molecule has 1 fully saturated rings. The van der Waals surface area contributed by atoms with Gasteiger partial charge in [-0.05, 0) is 43.0 Å². The van der Waals surface area contributed by atoms with Gasteiger partial charge in [-0.25, -0.2) is 5.84 Å². The number of amides is 1. The van der Waals surface area contributed by atoms with E-state index in [0.29, 0.717) is 6.42 Å². The Labute approximate surface area is 101 Å². The highest BCUT2D eigenvalue weighted by Crippen LogP contribution is 2.31. The number of carbonyl (C=O) groups is 1. The average Bonchev–Trinajstić information content (AvgIpc) is 2.71. The van der Waals surface area contributed by atoms with Crippen LogP contribution in [0.15, 0.2) is 18.2 Å². The zero-order valence-corrected chi connectivity index (χ0v) is 9.85. The van der Waals surface area contributed by atoms with Crippen molar-refractivity contribution in [2.24, 2.45) is 5.84 Å². The van der Waals surface area contributed by atoms with E-state index < -0.39 is 0 Å². The molecule has 1 saturated heterocycles. The summed E-state index contributed by atoms with van der Waals surface area (Å²) in [7, 11) is 0. The summed E-state index contributed by atoms with van der Waals surface area (Å²) in [5.74, 6) is 6.10. The van der Waals surface area contributed by atoms with Gasteiger partial charge in [-0.3, -0.25) is 4.79 Å². The number of nitrogens with zero attached hydrogens (tertiary/aromatic N) is 2. The molecule has 0 aromatic heterocycles. The molecule has 4 nitrogen and oxygen atoms in total. The van der Waals surface area contributed by atoms with Crippen LogP contribution in [0.4, 0.5) is 11.4 Å². The Bertz CT molecular complexity index is 458. The lowest BCUT2D eigenvalue weighted by molar-refractivity contribution is -0.119. The first-order chi connectivity index (χ1) is 8.25. The van der Waals surface area contributed by atoms with E-state index in [4.69, 9.17) is 5.84 Å². The van der Waals surface area contributed by atoms with Gasteiger partial charge < -0.3 is 9.91 Å². The number of fused-ring (bicyclic) bond motifs is 1. The Hall–Kier alpha value is -1.55. The van der Waals surface area contributed by atoms with Gasteiger partial charge in [0.2, 0.25) is 5.91 Å². The van der Waals surface area contributed by atoms with Crippen LogP contribution in [0, 0.1) is 0 Å². The zero-order chi connectivity index (χ0) is 11.8. The molecule has 1 aromatic carbocycles. The molecular formula is C13H17N3O. The molecule has 0 bridgehead atoms. The molecule has 0 aliphatic carbocycles. The predicted molar refractivity (Wildman–Crippen MR) is 67.9 cm³/mol. The quantitative estimate of drug-likeness (QED) is 0.744. The smallest absolute Gasteiger partial charge is 0.226 e. The Morgan fingerprint density at radius 2 is 2.00 bits per heavy atom. The Kier molecular flexibility index (Phi) is 2.52. The topological polar surface area (TPSA) is 49.6 Å². The number of piperidine rings is 1. The highest BCUT2D eigenvalue weighted by Gasteiger charge is 2.22. The van der Waals surface area contributed by atoms with E-state index in [1.165, 1.54) is 5.56 Å². The molecule has 17 heavy (non-hydrogen) atoms. The molecule has 90 valence electrons. The van der Waals surface area contributed by atoms with Crippen LogP contribution >= 0.6 is 0 Å². The molecule has 4 heteroatoms. The van der Waals surface area contributed by atoms with Crippen molar-refractivity contribution in [1.29, 1.82) is 0 Å². The Morgan fingerprint density at radius 1 is 1.12 bits per heavy atom. The third kappa shape index (κ3) is 1.78. The van der Waals surface area contributed by atoms with E-state index in [-0.39, 0.29) is 5.91 Å². The minimum absolute atomic E-state index is 0.249. The van der Waals surface area contributed by atoms with Crippen molar-refractivity contribution in [2.45, 2.75) is 25.7 Å². The van der Waals surface area contributed by atoms with E-state index in [0.717, 1.165) is 43.7 Å². The summed E-state index contributed by atoms with van der Waals surface area (Å²) in [6.07, 6.45) is 3.78. The van der Waals surface area contributed by atoms with Crippen LogP contribution in [0.25, 0.3) is 0 Å². The molecule has 2 aliphatic rings. The van der Waals surface area contributed by atoms with Crippen molar-refractivity contribution < 1.29 is 4.79 Å². The molecule has 0 saturated carbocycles. The van der Waals surface area contributed by atoms with Gasteiger partial charge in [0.05, 0.1) is 5.69 Å². The van der Waals surface area contributed by atoms with E-state index in [2.05, 4.69) is 6.07 Å². The fourth-order valence-corrected chi connectivity index (χ4v) is 2.66. The lowest BCUT2D eigenvalue weighted by Gasteiger charge is -2.27. The van der Waals surface area contributed by atoms with E-state index in [1.54, 1.807) is 5.01 Å². The Morgan fingerprint density at radius 3 is 2.82 bits per heavy atom. The van der Waals surface area contributed by atoms with Crippen LogP contribution in [0.2, 0.25) is 0 Å². The van der Waals surface area contributed by atoms with Gasteiger partial charge in [0.15, 0.2) is 0 Å². The van der Waals surface area contributed by atoms with Crippen LogP contribution in [-0.4, -0.2) is 19.0 Å². The van der Waals surface area contributed by atoms with Gasteiger partial charge in [0.25, 0.3) is 0 Å². The number of benzene rings is 1. The maximum absolute atomic E-state index is 11.9. The molecule has 2 N–H and O–H groups in total. The summed E-state index contributed by atoms with van der Waals surface area (Å²) in [5, 5.41) is 1.77. The summed E-state index contributed by atoms with van der Waals surface area (Å²) < 4.78 is 0.